The third-order valence-electron chi connectivity index (χ3n) is 5.66. The topological polar surface area (TPSA) is 69.9 Å². The second-order valence-corrected chi connectivity index (χ2v) is 10.7. The molecule has 36 heavy (non-hydrogen) atoms. The molecule has 2 aromatic heterocycles. The van der Waals surface area contributed by atoms with Crippen LogP contribution in [0.1, 0.15) is 29.0 Å². The summed E-state index contributed by atoms with van der Waals surface area (Å²) in [5, 5.41) is 1.94. The van der Waals surface area contributed by atoms with Gasteiger partial charge in [-0.2, -0.15) is 0 Å². The van der Waals surface area contributed by atoms with E-state index in [2.05, 4.69) is 15.9 Å². The summed E-state index contributed by atoms with van der Waals surface area (Å²) in [7, 11) is 1.61. The molecule has 3 heterocycles. The zero-order valence-electron chi connectivity index (χ0n) is 19.4. The van der Waals surface area contributed by atoms with Gasteiger partial charge in [-0.3, -0.25) is 9.36 Å². The first kappa shape index (κ1) is 24.4. The van der Waals surface area contributed by atoms with Crippen molar-refractivity contribution >= 4 is 56.3 Å². The highest BCUT2D eigenvalue weighted by atomic mass is 79.9. The number of rotatable bonds is 6. The average molecular weight is 582 g/mol. The molecule has 0 radical (unpaired) electrons. The lowest BCUT2D eigenvalue weighted by Crippen LogP contribution is -2.39. The molecule has 0 fully saturated rings. The summed E-state index contributed by atoms with van der Waals surface area (Å²) >= 11 is 6.29. The molecule has 5 rings (SSSR count). The van der Waals surface area contributed by atoms with Crippen LogP contribution in [0.5, 0.6) is 5.75 Å². The van der Waals surface area contributed by atoms with E-state index in [1.54, 1.807) is 18.6 Å². The van der Waals surface area contributed by atoms with Gasteiger partial charge in [0.05, 0.1) is 34.0 Å². The van der Waals surface area contributed by atoms with Crippen molar-refractivity contribution < 1.29 is 14.3 Å². The normalized spacial score (nSPS) is 15.4. The maximum Gasteiger partial charge on any atom is 0.338 e. The molecule has 9 heteroatoms. The lowest BCUT2D eigenvalue weighted by Gasteiger charge is -2.24. The Hall–Kier alpha value is -3.27. The molecule has 0 bridgehead atoms. The van der Waals surface area contributed by atoms with Gasteiger partial charge in [-0.25, -0.2) is 9.79 Å². The van der Waals surface area contributed by atoms with E-state index in [1.807, 2.05) is 72.1 Å². The first-order chi connectivity index (χ1) is 17.5. The minimum Gasteiger partial charge on any atom is -0.496 e. The standard InChI is InChI=1S/C27H21BrN2O4S2/c1-3-34-26(32)22-23(17-8-5-4-6-9-17)29-27-30(24(22)20-10-7-13-35-20)25(31)21(36-27)15-16-11-12-19(33-2)18(28)14-16/h4-15,24H,3H2,1-2H3/b21-15-/t24-/m0/s1. The summed E-state index contributed by atoms with van der Waals surface area (Å²) in [6, 6.07) is 18.4. The highest BCUT2D eigenvalue weighted by Gasteiger charge is 2.35. The number of thiophene rings is 1. The van der Waals surface area contributed by atoms with Crippen LogP contribution in [0.25, 0.3) is 11.8 Å². The van der Waals surface area contributed by atoms with Crippen molar-refractivity contribution in [3.05, 3.63) is 112 Å². The lowest BCUT2D eigenvalue weighted by molar-refractivity contribution is -0.138. The zero-order valence-corrected chi connectivity index (χ0v) is 22.7. The van der Waals surface area contributed by atoms with E-state index in [9.17, 15) is 9.59 Å². The predicted molar refractivity (Wildman–Crippen MR) is 146 cm³/mol. The number of aromatic nitrogens is 1. The third kappa shape index (κ3) is 4.50. The van der Waals surface area contributed by atoms with Gasteiger partial charge in [0, 0.05) is 10.4 Å². The van der Waals surface area contributed by atoms with Gasteiger partial charge in [-0.05, 0) is 58.1 Å². The molecule has 0 aliphatic carbocycles. The lowest BCUT2D eigenvalue weighted by atomic mass is 9.97. The van der Waals surface area contributed by atoms with Gasteiger partial charge in [0.15, 0.2) is 4.80 Å². The van der Waals surface area contributed by atoms with Gasteiger partial charge in [-0.15, -0.1) is 11.3 Å². The van der Waals surface area contributed by atoms with Crippen molar-refractivity contribution in [3.8, 4) is 5.75 Å². The number of nitrogens with zero attached hydrogens (tertiary/aromatic N) is 2. The molecule has 2 aromatic carbocycles. The Morgan fingerprint density at radius 1 is 1.17 bits per heavy atom. The van der Waals surface area contributed by atoms with E-state index in [-0.39, 0.29) is 12.2 Å². The van der Waals surface area contributed by atoms with Crippen LogP contribution in [0.15, 0.2) is 85.9 Å². The molecule has 4 aromatic rings. The van der Waals surface area contributed by atoms with Crippen molar-refractivity contribution in [1.29, 1.82) is 0 Å². The molecule has 0 amide bonds. The molecule has 1 aliphatic heterocycles. The summed E-state index contributed by atoms with van der Waals surface area (Å²) in [4.78, 5) is 33.3. The Kier molecular flexibility index (Phi) is 7.04. The van der Waals surface area contributed by atoms with E-state index in [0.29, 0.717) is 26.4 Å². The monoisotopic (exact) mass is 580 g/mol. The van der Waals surface area contributed by atoms with Crippen LogP contribution < -0.4 is 19.6 Å². The number of carbonyl (C=O) groups is 1. The molecular weight excluding hydrogens is 560 g/mol. The summed E-state index contributed by atoms with van der Waals surface area (Å²) in [6.07, 6.45) is 1.83. The smallest absolute Gasteiger partial charge is 0.338 e. The van der Waals surface area contributed by atoms with Crippen LogP contribution in [-0.2, 0) is 9.53 Å². The number of carbonyl (C=O) groups excluding carboxylic acids is 1. The van der Waals surface area contributed by atoms with Crippen LogP contribution in [0, 0.1) is 0 Å². The van der Waals surface area contributed by atoms with Crippen LogP contribution >= 0.6 is 38.6 Å². The van der Waals surface area contributed by atoms with Gasteiger partial charge < -0.3 is 9.47 Å². The van der Waals surface area contributed by atoms with Crippen molar-refractivity contribution in [2.75, 3.05) is 13.7 Å². The third-order valence-corrected chi connectivity index (χ3v) is 8.19. The molecule has 0 saturated heterocycles. The first-order valence-electron chi connectivity index (χ1n) is 11.2. The molecule has 0 saturated carbocycles. The average Bonchev–Trinajstić information content (AvgIpc) is 3.52. The minimum atomic E-state index is -0.639. The van der Waals surface area contributed by atoms with Gasteiger partial charge in [-0.1, -0.05) is 53.8 Å². The molecule has 0 unspecified atom stereocenters. The SMILES string of the molecule is CCOC(=O)C1=C(c2ccccc2)N=c2s/c(=C\c3ccc(OC)c(Br)c3)c(=O)n2[C@H]1c1cccs1. The molecule has 1 atom stereocenters. The molecule has 6 nitrogen and oxygen atoms in total. The Morgan fingerprint density at radius 2 is 1.97 bits per heavy atom. The van der Waals surface area contributed by atoms with Crippen LogP contribution in [-0.4, -0.2) is 24.3 Å². The highest BCUT2D eigenvalue weighted by molar-refractivity contribution is 9.10. The maximum atomic E-state index is 13.8. The molecular formula is C27H21BrN2O4S2. The fourth-order valence-corrected chi connectivity index (χ4v) is 6.46. The second kappa shape index (κ2) is 10.4. The molecule has 0 spiro atoms. The van der Waals surface area contributed by atoms with E-state index >= 15 is 0 Å². The van der Waals surface area contributed by atoms with E-state index in [0.717, 1.165) is 20.5 Å². The predicted octanol–water partition coefficient (Wildman–Crippen LogP) is 4.77. The van der Waals surface area contributed by atoms with Gasteiger partial charge in [0.25, 0.3) is 5.56 Å². The summed E-state index contributed by atoms with van der Waals surface area (Å²) in [5.41, 5.74) is 2.30. The summed E-state index contributed by atoms with van der Waals surface area (Å²) < 4.78 is 13.7. The number of hydrogen-bond donors (Lipinski definition) is 0. The van der Waals surface area contributed by atoms with Gasteiger partial charge in [0.1, 0.15) is 11.8 Å². The van der Waals surface area contributed by atoms with Crippen LogP contribution in [0.2, 0.25) is 0 Å². The van der Waals surface area contributed by atoms with Crippen molar-refractivity contribution in [3.63, 3.8) is 0 Å². The number of benzene rings is 2. The number of fused-ring (bicyclic) bond motifs is 1. The number of ether oxygens (including phenoxy) is 2. The largest absolute Gasteiger partial charge is 0.496 e. The second-order valence-electron chi connectivity index (χ2n) is 7.84. The first-order valence-corrected chi connectivity index (χ1v) is 13.7. The minimum absolute atomic E-state index is 0.210. The van der Waals surface area contributed by atoms with Crippen molar-refractivity contribution in [2.45, 2.75) is 13.0 Å². The Morgan fingerprint density at radius 3 is 2.64 bits per heavy atom. The highest BCUT2D eigenvalue weighted by Crippen LogP contribution is 2.36. The quantitative estimate of drug-likeness (QED) is 0.308. The Balaban J connectivity index is 1.78. The number of esters is 1. The van der Waals surface area contributed by atoms with E-state index in [1.165, 1.54) is 22.7 Å². The number of halogens is 1. The molecule has 1 aliphatic rings. The summed E-state index contributed by atoms with van der Waals surface area (Å²) in [6.45, 7) is 1.99. The molecule has 182 valence electrons. The Bertz CT molecular complexity index is 1640. The number of hydrogen-bond acceptors (Lipinski definition) is 7. The van der Waals surface area contributed by atoms with Crippen molar-refractivity contribution in [1.82, 2.24) is 4.57 Å². The summed E-state index contributed by atoms with van der Waals surface area (Å²) in [5.74, 6) is 0.227. The zero-order chi connectivity index (χ0) is 25.2. The van der Waals surface area contributed by atoms with E-state index in [4.69, 9.17) is 14.5 Å². The number of thiazole rings is 1. The Labute approximate surface area is 223 Å². The maximum absolute atomic E-state index is 13.8. The van der Waals surface area contributed by atoms with E-state index < -0.39 is 12.0 Å². The number of methoxy groups -OCH3 is 1. The fraction of sp³-hybridized carbons (Fsp3) is 0.148. The van der Waals surface area contributed by atoms with Gasteiger partial charge >= 0.3 is 5.97 Å². The van der Waals surface area contributed by atoms with Crippen LogP contribution in [0.4, 0.5) is 0 Å². The van der Waals surface area contributed by atoms with Crippen LogP contribution in [0.3, 0.4) is 0 Å². The fourth-order valence-electron chi connectivity index (χ4n) is 4.08. The van der Waals surface area contributed by atoms with Gasteiger partial charge in [0.2, 0.25) is 0 Å². The molecule has 0 N–H and O–H groups in total. The van der Waals surface area contributed by atoms with Crippen molar-refractivity contribution in [2.24, 2.45) is 4.99 Å².